The van der Waals surface area contributed by atoms with Gasteiger partial charge in [0.1, 0.15) is 35.5 Å². The lowest BCUT2D eigenvalue weighted by atomic mass is 9.77. The SMILES string of the molecule is CON=C(C(=O)NC1C(=O)N2C(C(=O)OC(c3ccccc3)c3ccccc3)=C(CC(=S)c3n[nH]c(=O)c(=O)n3CCN)CSC12)c1csc(NC(c2ccccc2)(c2ccccc2)c2ccccc2)n1. The number of oxime groups is 1. The van der Waals surface area contributed by atoms with Crippen molar-refractivity contribution in [3.63, 3.8) is 0 Å². The van der Waals surface area contributed by atoms with Gasteiger partial charge in [-0.15, -0.1) is 23.1 Å². The summed E-state index contributed by atoms with van der Waals surface area (Å²) >= 11 is 8.38. The van der Waals surface area contributed by atoms with E-state index in [0.29, 0.717) is 21.8 Å². The van der Waals surface area contributed by atoms with E-state index in [1.165, 1.54) is 35.1 Å². The summed E-state index contributed by atoms with van der Waals surface area (Å²) in [6, 6.07) is 47.2. The van der Waals surface area contributed by atoms with Crippen molar-refractivity contribution in [2.75, 3.05) is 24.7 Å². The lowest BCUT2D eigenvalue weighted by Gasteiger charge is -2.49. The number of thiazole rings is 1. The molecular weight excluding hydrogens is 959 g/mol. The van der Waals surface area contributed by atoms with Crippen LogP contribution in [0.5, 0.6) is 0 Å². The number of H-pyrrole nitrogens is 1. The maximum absolute atomic E-state index is 14.8. The normalized spacial score (nSPS) is 15.7. The molecule has 2 aliphatic rings. The minimum absolute atomic E-state index is 0.00911. The zero-order chi connectivity index (χ0) is 49.5. The molecule has 0 aliphatic carbocycles. The molecule has 0 spiro atoms. The van der Waals surface area contributed by atoms with Crippen LogP contribution < -0.4 is 27.5 Å². The monoisotopic (exact) mass is 1000 g/mol. The molecule has 71 heavy (non-hydrogen) atoms. The maximum Gasteiger partial charge on any atom is 0.356 e. The molecule has 4 heterocycles. The van der Waals surface area contributed by atoms with E-state index in [4.69, 9.17) is 32.5 Å². The highest BCUT2D eigenvalue weighted by Crippen LogP contribution is 2.44. The number of fused-ring (bicyclic) bond motifs is 1. The summed E-state index contributed by atoms with van der Waals surface area (Å²) < 4.78 is 7.42. The molecule has 5 aromatic carbocycles. The van der Waals surface area contributed by atoms with Gasteiger partial charge in [-0.3, -0.25) is 28.6 Å². The highest BCUT2D eigenvalue weighted by atomic mass is 32.2. The van der Waals surface area contributed by atoms with Crippen LogP contribution in [0.15, 0.2) is 183 Å². The van der Waals surface area contributed by atoms with Crippen molar-refractivity contribution >= 4 is 68.8 Å². The van der Waals surface area contributed by atoms with Crippen LogP contribution in [0.3, 0.4) is 0 Å². The number of ether oxygens (including phenoxy) is 1. The number of esters is 1. The van der Waals surface area contributed by atoms with E-state index in [1.54, 1.807) is 5.38 Å². The van der Waals surface area contributed by atoms with Gasteiger partial charge in [-0.05, 0) is 33.4 Å². The Bertz CT molecular complexity index is 3130. The number of benzene rings is 5. The quantitative estimate of drug-likeness (QED) is 0.0115. The fraction of sp³-hybridized carbons (Fsp3) is 0.173. The van der Waals surface area contributed by atoms with Gasteiger partial charge in [0.2, 0.25) is 0 Å². The number of thiocarbonyl (C=S) groups is 1. The van der Waals surface area contributed by atoms with Crippen LogP contribution in [0, 0.1) is 0 Å². The molecule has 358 valence electrons. The Labute approximate surface area is 420 Å². The van der Waals surface area contributed by atoms with Gasteiger partial charge in [0.05, 0.1) is 4.86 Å². The number of nitrogens with zero attached hydrogens (tertiary/aromatic N) is 5. The second-order valence-corrected chi connectivity index (χ2v) is 18.7. The fourth-order valence-electron chi connectivity index (χ4n) is 8.69. The number of carbonyl (C=O) groups is 3. The summed E-state index contributed by atoms with van der Waals surface area (Å²) in [5.74, 6) is -2.01. The zero-order valence-electron chi connectivity index (χ0n) is 38.0. The van der Waals surface area contributed by atoms with Crippen LogP contribution >= 0.6 is 35.3 Å². The summed E-state index contributed by atoms with van der Waals surface area (Å²) in [4.78, 5) is 80.2. The Kier molecular flexibility index (Phi) is 14.5. The molecule has 2 unspecified atom stereocenters. The Balaban J connectivity index is 1.01. The topological polar surface area (TPSA) is 216 Å². The van der Waals surface area contributed by atoms with Gasteiger partial charge >= 0.3 is 17.1 Å². The summed E-state index contributed by atoms with van der Waals surface area (Å²) in [6.07, 6.45) is -0.986. The first kappa shape index (κ1) is 48.2. The van der Waals surface area contributed by atoms with Gasteiger partial charge in [-0.25, -0.2) is 14.9 Å². The van der Waals surface area contributed by atoms with Gasteiger partial charge < -0.3 is 25.9 Å². The predicted molar refractivity (Wildman–Crippen MR) is 276 cm³/mol. The van der Waals surface area contributed by atoms with E-state index in [2.05, 4.69) is 26.0 Å². The van der Waals surface area contributed by atoms with Gasteiger partial charge in [0.25, 0.3) is 11.8 Å². The molecule has 2 aromatic heterocycles. The summed E-state index contributed by atoms with van der Waals surface area (Å²) in [5.41, 5.74) is 7.62. The summed E-state index contributed by atoms with van der Waals surface area (Å²) in [6.45, 7) is -0.0241. The number of anilines is 1. The van der Waals surface area contributed by atoms with Crippen LogP contribution in [0.25, 0.3) is 0 Å². The fourth-order valence-corrected chi connectivity index (χ4v) is 11.1. The molecule has 1 fully saturated rings. The van der Waals surface area contributed by atoms with E-state index in [-0.39, 0.29) is 53.1 Å². The zero-order valence-corrected chi connectivity index (χ0v) is 40.4. The summed E-state index contributed by atoms with van der Waals surface area (Å²) in [5, 5.41) is 18.3. The molecule has 1 saturated heterocycles. The van der Waals surface area contributed by atoms with Crippen molar-refractivity contribution in [3.05, 3.63) is 228 Å². The van der Waals surface area contributed by atoms with E-state index < -0.39 is 52.0 Å². The Morgan fingerprint density at radius 3 is 1.94 bits per heavy atom. The molecule has 9 rings (SSSR count). The van der Waals surface area contributed by atoms with Crippen molar-refractivity contribution in [3.8, 4) is 0 Å². The van der Waals surface area contributed by atoms with Gasteiger partial charge in [-0.1, -0.05) is 169 Å². The Hall–Kier alpha value is -7.84. The molecular formula is C52H45N9O7S3. The average Bonchev–Trinajstić information content (AvgIpc) is 3.88. The van der Waals surface area contributed by atoms with E-state index >= 15 is 0 Å². The first-order valence-electron chi connectivity index (χ1n) is 22.4. The largest absolute Gasteiger partial charge is 0.448 e. The second kappa shape index (κ2) is 21.4. The minimum atomic E-state index is -1.11. The number of aromatic nitrogens is 4. The molecule has 5 N–H and O–H groups in total. The number of rotatable bonds is 18. The third-order valence-electron chi connectivity index (χ3n) is 12.0. The predicted octanol–water partition coefficient (Wildman–Crippen LogP) is 5.90. The number of amides is 2. The van der Waals surface area contributed by atoms with E-state index in [9.17, 15) is 24.0 Å². The number of thioether (sulfide) groups is 1. The molecule has 0 saturated carbocycles. The molecule has 0 radical (unpaired) electrons. The maximum atomic E-state index is 14.8. The van der Waals surface area contributed by atoms with Crippen molar-refractivity contribution < 1.29 is 24.0 Å². The highest BCUT2D eigenvalue weighted by molar-refractivity contribution is 8.00. The molecule has 2 aliphatic heterocycles. The van der Waals surface area contributed by atoms with Crippen LogP contribution in [0.1, 0.15) is 51.9 Å². The minimum Gasteiger partial charge on any atom is -0.448 e. The van der Waals surface area contributed by atoms with E-state index in [1.807, 2.05) is 152 Å². The first-order valence-corrected chi connectivity index (χ1v) is 24.7. The number of hydrogen-bond acceptors (Lipinski definition) is 15. The van der Waals surface area contributed by atoms with Crippen LogP contribution in [-0.4, -0.2) is 83.8 Å². The average molecular weight is 1000 g/mol. The Morgan fingerprint density at radius 2 is 1.41 bits per heavy atom. The smallest absolute Gasteiger partial charge is 0.356 e. The van der Waals surface area contributed by atoms with Crippen molar-refractivity contribution in [2.24, 2.45) is 10.9 Å². The highest BCUT2D eigenvalue weighted by Gasteiger charge is 2.55. The van der Waals surface area contributed by atoms with Crippen LogP contribution in [0.2, 0.25) is 0 Å². The number of hydrogen-bond donors (Lipinski definition) is 4. The number of nitrogens with one attached hydrogen (secondary N) is 3. The third-order valence-corrected chi connectivity index (χ3v) is 14.4. The van der Waals surface area contributed by atoms with Crippen LogP contribution in [0.4, 0.5) is 5.13 Å². The second-order valence-electron chi connectivity index (χ2n) is 16.3. The third kappa shape index (κ3) is 9.72. The van der Waals surface area contributed by atoms with Crippen molar-refractivity contribution in [1.29, 1.82) is 0 Å². The van der Waals surface area contributed by atoms with Gasteiger partial charge in [-0.2, -0.15) is 5.10 Å². The number of aromatic amines is 1. The summed E-state index contributed by atoms with van der Waals surface area (Å²) in [7, 11) is 1.31. The van der Waals surface area contributed by atoms with Crippen molar-refractivity contribution in [1.82, 2.24) is 30.0 Å². The number of β-lactam (4-membered cyclic amide) rings is 1. The van der Waals surface area contributed by atoms with Gasteiger partial charge in [0.15, 0.2) is 22.8 Å². The standard InChI is InChI=1S/C52H45N9O7S3/c1-67-59-40(38-31-71-51(54-38)56-52(35-21-11-4-12-22-35,36-23-13-5-14-24-36)37-25-15-6-16-26-37)45(62)55-41-47(64)61-42(50(66)68-43(32-17-7-2-8-18-32)33-19-9-3-10-20-33)34(30-70-49(41)61)29-39(69)44-57-58-46(63)48(65)60(44)28-27-53/h2-26,31,41,43,49H,27-30,53H2,1H3,(H,54,56)(H,55,62)(H,58,63). The molecule has 0 bridgehead atoms. The lowest BCUT2D eigenvalue weighted by Crippen LogP contribution is -2.71. The number of nitrogens with two attached hydrogens (primary N) is 1. The lowest BCUT2D eigenvalue weighted by molar-refractivity contribution is -0.154. The van der Waals surface area contributed by atoms with Crippen molar-refractivity contribution in [2.45, 2.75) is 36.0 Å². The molecule has 2 amide bonds. The Morgan fingerprint density at radius 1 is 0.859 bits per heavy atom. The molecule has 16 nitrogen and oxygen atoms in total. The van der Waals surface area contributed by atoms with Crippen LogP contribution in [-0.2, 0) is 36.0 Å². The van der Waals surface area contributed by atoms with Gasteiger partial charge in [0, 0.05) is 30.6 Å². The number of carbonyl (C=O) groups excluding carboxylic acids is 3. The molecule has 7 aromatic rings. The molecule has 19 heteroatoms. The van der Waals surface area contributed by atoms with E-state index in [0.717, 1.165) is 21.3 Å². The molecule has 2 atom stereocenters. The first-order chi connectivity index (χ1) is 34.6.